The normalized spacial score (nSPS) is 22.9. The van der Waals surface area contributed by atoms with Gasteiger partial charge in [0, 0.05) is 48.3 Å². The number of nitrogens with zero attached hydrogens (tertiary/aromatic N) is 2. The fraction of sp³-hybridized carbons (Fsp3) is 0.600. The first kappa shape index (κ1) is 16.1. The first-order chi connectivity index (χ1) is 9.56. The smallest absolute Gasteiger partial charge is 0.0486 e. The van der Waals surface area contributed by atoms with Gasteiger partial charge in [-0.05, 0) is 37.2 Å². The van der Waals surface area contributed by atoms with Crippen LogP contribution in [-0.4, -0.2) is 49.1 Å². The standard InChI is InChI=1S/C15H23Cl2N3/c1-3-12-10-20(7-6-19(12)2)15(9-18)13-8-11(16)4-5-14(13)17/h4-5,8,12,15H,3,6-7,9-10,18H2,1-2H3. The van der Waals surface area contributed by atoms with E-state index in [9.17, 15) is 0 Å². The molecule has 0 aliphatic carbocycles. The Kier molecular flexibility index (Phi) is 5.70. The fourth-order valence-electron chi connectivity index (χ4n) is 2.94. The molecular formula is C15H23Cl2N3. The summed E-state index contributed by atoms with van der Waals surface area (Å²) in [6.07, 6.45) is 1.15. The predicted octanol–water partition coefficient (Wildman–Crippen LogP) is 3.02. The van der Waals surface area contributed by atoms with Crippen molar-refractivity contribution in [1.29, 1.82) is 0 Å². The number of nitrogens with two attached hydrogens (primary N) is 1. The van der Waals surface area contributed by atoms with Crippen LogP contribution in [0.5, 0.6) is 0 Å². The van der Waals surface area contributed by atoms with Crippen molar-refractivity contribution in [2.24, 2.45) is 5.73 Å². The Hall–Kier alpha value is -0.320. The summed E-state index contributed by atoms with van der Waals surface area (Å²) in [4.78, 5) is 4.86. The Labute approximate surface area is 131 Å². The van der Waals surface area contributed by atoms with E-state index in [0.29, 0.717) is 17.6 Å². The molecule has 1 aromatic carbocycles. The molecule has 5 heteroatoms. The topological polar surface area (TPSA) is 32.5 Å². The van der Waals surface area contributed by atoms with Gasteiger partial charge in [0.25, 0.3) is 0 Å². The molecule has 1 aromatic rings. The van der Waals surface area contributed by atoms with E-state index in [1.807, 2.05) is 18.2 Å². The second-order valence-corrected chi connectivity index (χ2v) is 6.30. The Balaban J connectivity index is 2.21. The third kappa shape index (κ3) is 3.46. The van der Waals surface area contributed by atoms with Crippen LogP contribution < -0.4 is 5.73 Å². The summed E-state index contributed by atoms with van der Waals surface area (Å²) < 4.78 is 0. The lowest BCUT2D eigenvalue weighted by Crippen LogP contribution is -2.53. The van der Waals surface area contributed by atoms with E-state index >= 15 is 0 Å². The molecule has 20 heavy (non-hydrogen) atoms. The average molecular weight is 316 g/mol. The van der Waals surface area contributed by atoms with E-state index in [1.54, 1.807) is 0 Å². The second kappa shape index (κ2) is 7.10. The molecule has 1 aliphatic heterocycles. The molecule has 0 amide bonds. The number of hydrogen-bond acceptors (Lipinski definition) is 3. The highest BCUT2D eigenvalue weighted by Gasteiger charge is 2.29. The molecule has 2 rings (SSSR count). The maximum atomic E-state index is 6.34. The molecule has 0 aromatic heterocycles. The van der Waals surface area contributed by atoms with Gasteiger partial charge in [-0.15, -0.1) is 0 Å². The average Bonchev–Trinajstić information content (AvgIpc) is 2.45. The summed E-state index contributed by atoms with van der Waals surface area (Å²) in [6, 6.07) is 6.34. The molecule has 112 valence electrons. The molecule has 1 aliphatic rings. The summed E-state index contributed by atoms with van der Waals surface area (Å²) >= 11 is 12.4. The fourth-order valence-corrected chi connectivity index (χ4v) is 3.36. The van der Waals surface area contributed by atoms with E-state index < -0.39 is 0 Å². The number of rotatable bonds is 4. The monoisotopic (exact) mass is 315 g/mol. The zero-order valence-corrected chi connectivity index (χ0v) is 13.7. The molecular weight excluding hydrogens is 293 g/mol. The zero-order valence-electron chi connectivity index (χ0n) is 12.1. The molecule has 1 saturated heterocycles. The van der Waals surface area contributed by atoms with E-state index in [1.165, 1.54) is 0 Å². The highest BCUT2D eigenvalue weighted by molar-refractivity contribution is 6.33. The van der Waals surface area contributed by atoms with E-state index in [0.717, 1.165) is 36.6 Å². The Morgan fingerprint density at radius 1 is 1.35 bits per heavy atom. The predicted molar refractivity (Wildman–Crippen MR) is 86.5 cm³/mol. The van der Waals surface area contributed by atoms with Gasteiger partial charge in [0.1, 0.15) is 0 Å². The summed E-state index contributed by atoms with van der Waals surface area (Å²) in [5.41, 5.74) is 7.06. The van der Waals surface area contributed by atoms with Gasteiger partial charge in [0.15, 0.2) is 0 Å². The first-order valence-corrected chi connectivity index (χ1v) is 7.91. The molecule has 1 heterocycles. The van der Waals surface area contributed by atoms with Crippen LogP contribution in [0.1, 0.15) is 24.9 Å². The van der Waals surface area contributed by atoms with Crippen molar-refractivity contribution < 1.29 is 0 Å². The molecule has 2 unspecified atom stereocenters. The van der Waals surface area contributed by atoms with Gasteiger partial charge >= 0.3 is 0 Å². The van der Waals surface area contributed by atoms with Crippen molar-refractivity contribution in [2.45, 2.75) is 25.4 Å². The molecule has 0 bridgehead atoms. The Bertz CT molecular complexity index is 453. The SMILES string of the molecule is CCC1CN(C(CN)c2cc(Cl)ccc2Cl)CCN1C. The highest BCUT2D eigenvalue weighted by atomic mass is 35.5. The molecule has 2 N–H and O–H groups in total. The van der Waals surface area contributed by atoms with Gasteiger partial charge in [-0.25, -0.2) is 0 Å². The Morgan fingerprint density at radius 2 is 2.10 bits per heavy atom. The third-order valence-electron chi connectivity index (χ3n) is 4.26. The Morgan fingerprint density at radius 3 is 2.75 bits per heavy atom. The van der Waals surface area contributed by atoms with E-state index in [4.69, 9.17) is 28.9 Å². The van der Waals surface area contributed by atoms with Gasteiger partial charge < -0.3 is 10.6 Å². The van der Waals surface area contributed by atoms with Crippen LogP contribution in [0, 0.1) is 0 Å². The van der Waals surface area contributed by atoms with Crippen molar-refractivity contribution in [1.82, 2.24) is 9.80 Å². The summed E-state index contributed by atoms with van der Waals surface area (Å²) in [5, 5.41) is 1.46. The largest absolute Gasteiger partial charge is 0.329 e. The minimum atomic E-state index is 0.143. The minimum Gasteiger partial charge on any atom is -0.329 e. The van der Waals surface area contributed by atoms with Crippen molar-refractivity contribution >= 4 is 23.2 Å². The van der Waals surface area contributed by atoms with Crippen LogP contribution in [-0.2, 0) is 0 Å². The summed E-state index contributed by atoms with van der Waals surface area (Å²) in [5.74, 6) is 0. The van der Waals surface area contributed by atoms with Crippen LogP contribution in [0.4, 0.5) is 0 Å². The van der Waals surface area contributed by atoms with Crippen molar-refractivity contribution in [3.05, 3.63) is 33.8 Å². The lowest BCUT2D eigenvalue weighted by molar-refractivity contribution is 0.0644. The van der Waals surface area contributed by atoms with E-state index in [-0.39, 0.29) is 6.04 Å². The van der Waals surface area contributed by atoms with Crippen molar-refractivity contribution in [3.63, 3.8) is 0 Å². The number of piperazine rings is 1. The van der Waals surface area contributed by atoms with Gasteiger partial charge in [-0.1, -0.05) is 30.1 Å². The van der Waals surface area contributed by atoms with Gasteiger partial charge in [0.05, 0.1) is 0 Å². The second-order valence-electron chi connectivity index (χ2n) is 5.45. The maximum Gasteiger partial charge on any atom is 0.0486 e. The van der Waals surface area contributed by atoms with Crippen LogP contribution >= 0.6 is 23.2 Å². The van der Waals surface area contributed by atoms with Crippen LogP contribution in [0.15, 0.2) is 18.2 Å². The lowest BCUT2D eigenvalue weighted by Gasteiger charge is -2.43. The molecule has 3 nitrogen and oxygen atoms in total. The summed E-state index contributed by atoms with van der Waals surface area (Å²) in [7, 11) is 2.19. The van der Waals surface area contributed by atoms with E-state index in [2.05, 4.69) is 23.8 Å². The third-order valence-corrected chi connectivity index (χ3v) is 4.84. The number of hydrogen-bond donors (Lipinski definition) is 1. The number of halogens is 2. The quantitative estimate of drug-likeness (QED) is 0.927. The van der Waals surface area contributed by atoms with Crippen LogP contribution in [0.3, 0.4) is 0 Å². The van der Waals surface area contributed by atoms with Crippen molar-refractivity contribution in [2.75, 3.05) is 33.2 Å². The first-order valence-electron chi connectivity index (χ1n) is 7.16. The minimum absolute atomic E-state index is 0.143. The summed E-state index contributed by atoms with van der Waals surface area (Å²) in [6.45, 7) is 5.89. The van der Waals surface area contributed by atoms with Gasteiger partial charge in [-0.2, -0.15) is 0 Å². The van der Waals surface area contributed by atoms with Crippen LogP contribution in [0.25, 0.3) is 0 Å². The van der Waals surface area contributed by atoms with Gasteiger partial charge in [0.2, 0.25) is 0 Å². The molecule has 1 fully saturated rings. The molecule has 0 radical (unpaired) electrons. The maximum absolute atomic E-state index is 6.34. The molecule has 0 spiro atoms. The number of benzene rings is 1. The zero-order chi connectivity index (χ0) is 14.7. The van der Waals surface area contributed by atoms with Gasteiger partial charge in [-0.3, -0.25) is 4.90 Å². The van der Waals surface area contributed by atoms with Crippen LogP contribution in [0.2, 0.25) is 10.0 Å². The highest BCUT2D eigenvalue weighted by Crippen LogP contribution is 2.31. The molecule has 0 saturated carbocycles. The lowest BCUT2D eigenvalue weighted by atomic mass is 10.0. The number of likely N-dealkylation sites (N-methyl/N-ethyl adjacent to an activating group) is 1. The molecule has 2 atom stereocenters. The van der Waals surface area contributed by atoms with Crippen molar-refractivity contribution in [3.8, 4) is 0 Å².